The summed E-state index contributed by atoms with van der Waals surface area (Å²) in [5, 5.41) is 9.29. The highest BCUT2D eigenvalue weighted by atomic mass is 16.5. The van der Waals surface area contributed by atoms with E-state index in [1.54, 1.807) is 12.1 Å². The lowest BCUT2D eigenvalue weighted by Gasteiger charge is -2.36. The summed E-state index contributed by atoms with van der Waals surface area (Å²) < 4.78 is 5.66. The van der Waals surface area contributed by atoms with Crippen LogP contribution in [0.2, 0.25) is 0 Å². The summed E-state index contributed by atoms with van der Waals surface area (Å²) in [6.07, 6.45) is 4.34. The minimum Gasteiger partial charge on any atom is -0.478 e. The lowest BCUT2D eigenvalue weighted by atomic mass is 9.87. The molecule has 1 aromatic carbocycles. The third-order valence-corrected chi connectivity index (χ3v) is 5.33. The first kappa shape index (κ1) is 17.0. The second kappa shape index (κ2) is 6.93. The molecule has 0 bridgehead atoms. The van der Waals surface area contributed by atoms with Crippen LogP contribution in [0.25, 0.3) is 0 Å². The molecular formula is C19H25NO4. The molecule has 5 nitrogen and oxygen atoms in total. The van der Waals surface area contributed by atoms with Gasteiger partial charge in [-0.2, -0.15) is 0 Å². The van der Waals surface area contributed by atoms with Gasteiger partial charge >= 0.3 is 5.97 Å². The summed E-state index contributed by atoms with van der Waals surface area (Å²) in [4.78, 5) is 25.9. The molecule has 0 aromatic heterocycles. The number of ether oxygens (including phenoxy) is 1. The van der Waals surface area contributed by atoms with Crippen LogP contribution in [0.15, 0.2) is 24.3 Å². The van der Waals surface area contributed by atoms with Crippen molar-refractivity contribution in [3.8, 4) is 0 Å². The molecule has 0 saturated carbocycles. The van der Waals surface area contributed by atoms with E-state index in [2.05, 4.69) is 0 Å². The maximum absolute atomic E-state index is 12.7. The van der Waals surface area contributed by atoms with E-state index < -0.39 is 11.6 Å². The quantitative estimate of drug-likeness (QED) is 0.921. The Hall–Kier alpha value is -1.88. The zero-order valence-corrected chi connectivity index (χ0v) is 14.2. The van der Waals surface area contributed by atoms with Crippen molar-refractivity contribution in [2.45, 2.75) is 44.6 Å². The topological polar surface area (TPSA) is 66.8 Å². The third kappa shape index (κ3) is 3.46. The lowest BCUT2D eigenvalue weighted by molar-refractivity contribution is -0.152. The molecule has 130 valence electrons. The fraction of sp³-hybridized carbons (Fsp3) is 0.579. The van der Waals surface area contributed by atoms with Crippen LogP contribution in [-0.2, 0) is 16.0 Å². The van der Waals surface area contributed by atoms with Crippen LogP contribution in [0.1, 0.15) is 48.5 Å². The molecule has 1 N–H and O–H groups in total. The highest BCUT2D eigenvalue weighted by Gasteiger charge is 2.41. The summed E-state index contributed by atoms with van der Waals surface area (Å²) >= 11 is 0. The molecule has 5 heteroatoms. The first-order valence-electron chi connectivity index (χ1n) is 8.74. The Morgan fingerprint density at radius 1 is 1.29 bits per heavy atom. The number of likely N-dealkylation sites (tertiary alicyclic amines) is 1. The van der Waals surface area contributed by atoms with E-state index in [4.69, 9.17) is 4.74 Å². The Bertz CT molecular complexity index is 614. The summed E-state index contributed by atoms with van der Waals surface area (Å²) in [5.74, 6) is -0.333. The van der Waals surface area contributed by atoms with Crippen molar-refractivity contribution in [1.29, 1.82) is 0 Å². The standard InChI is InChI=1S/C19H25NO4/c1-19(9-4-12-24-19)18(23)20-10-7-14(8-11-20)13-15-5-2-3-6-16(15)17(21)22/h2-3,5-6,14H,4,7-13H2,1H3,(H,21,22). The number of hydrogen-bond donors (Lipinski definition) is 1. The summed E-state index contributed by atoms with van der Waals surface area (Å²) in [5.41, 5.74) is 0.645. The normalized spacial score (nSPS) is 25.0. The third-order valence-electron chi connectivity index (χ3n) is 5.33. The van der Waals surface area contributed by atoms with Crippen LogP contribution >= 0.6 is 0 Å². The number of benzene rings is 1. The molecule has 1 aromatic rings. The van der Waals surface area contributed by atoms with Gasteiger partial charge in [0.05, 0.1) is 5.56 Å². The van der Waals surface area contributed by atoms with Crippen molar-refractivity contribution < 1.29 is 19.4 Å². The molecule has 2 heterocycles. The van der Waals surface area contributed by atoms with Gasteiger partial charge in [-0.05, 0) is 56.6 Å². The predicted octanol–water partition coefficient (Wildman–Crippen LogP) is 2.74. The van der Waals surface area contributed by atoms with Gasteiger partial charge in [-0.1, -0.05) is 18.2 Å². The van der Waals surface area contributed by atoms with Crippen molar-refractivity contribution in [3.05, 3.63) is 35.4 Å². The first-order valence-corrected chi connectivity index (χ1v) is 8.74. The SMILES string of the molecule is CC1(C(=O)N2CCC(Cc3ccccc3C(=O)O)CC2)CCCO1. The summed E-state index contributed by atoms with van der Waals surface area (Å²) in [6, 6.07) is 7.21. The molecule has 1 amide bonds. The maximum Gasteiger partial charge on any atom is 0.335 e. The number of nitrogens with zero attached hydrogens (tertiary/aromatic N) is 1. The number of amides is 1. The van der Waals surface area contributed by atoms with Gasteiger partial charge in [0, 0.05) is 19.7 Å². The number of carbonyl (C=O) groups excluding carboxylic acids is 1. The zero-order valence-electron chi connectivity index (χ0n) is 14.2. The Kier molecular flexibility index (Phi) is 4.90. The lowest BCUT2D eigenvalue weighted by Crippen LogP contribution is -2.49. The van der Waals surface area contributed by atoms with Crippen LogP contribution in [0, 0.1) is 5.92 Å². The van der Waals surface area contributed by atoms with Crippen molar-refractivity contribution in [2.24, 2.45) is 5.92 Å². The van der Waals surface area contributed by atoms with E-state index in [0.717, 1.165) is 50.8 Å². The van der Waals surface area contributed by atoms with E-state index in [9.17, 15) is 14.7 Å². The molecular weight excluding hydrogens is 306 g/mol. The predicted molar refractivity (Wildman–Crippen MR) is 90.0 cm³/mol. The molecule has 2 aliphatic heterocycles. The Balaban J connectivity index is 1.58. The van der Waals surface area contributed by atoms with Crippen molar-refractivity contribution >= 4 is 11.9 Å². The van der Waals surface area contributed by atoms with Crippen LogP contribution in [-0.4, -0.2) is 47.2 Å². The van der Waals surface area contributed by atoms with Gasteiger partial charge in [0.1, 0.15) is 5.60 Å². The Morgan fingerprint density at radius 3 is 2.62 bits per heavy atom. The van der Waals surface area contributed by atoms with Crippen molar-refractivity contribution in [1.82, 2.24) is 4.90 Å². The molecule has 1 unspecified atom stereocenters. The van der Waals surface area contributed by atoms with E-state index >= 15 is 0 Å². The van der Waals surface area contributed by atoms with Gasteiger partial charge in [0.25, 0.3) is 5.91 Å². The Labute approximate surface area is 142 Å². The second-order valence-corrected chi connectivity index (χ2v) is 7.08. The fourth-order valence-corrected chi connectivity index (χ4v) is 3.84. The maximum atomic E-state index is 12.7. The second-order valence-electron chi connectivity index (χ2n) is 7.08. The molecule has 0 radical (unpaired) electrons. The number of carboxylic acid groups (broad SMARTS) is 1. The number of hydrogen-bond acceptors (Lipinski definition) is 3. The van der Waals surface area contributed by atoms with Gasteiger partial charge in [-0.25, -0.2) is 4.79 Å². The van der Waals surface area contributed by atoms with Gasteiger partial charge < -0.3 is 14.7 Å². The monoisotopic (exact) mass is 331 g/mol. The number of piperidine rings is 1. The number of carboxylic acids is 1. The highest BCUT2D eigenvalue weighted by Crippen LogP contribution is 2.30. The van der Waals surface area contributed by atoms with Crippen LogP contribution in [0.5, 0.6) is 0 Å². The number of carbonyl (C=O) groups is 2. The molecule has 2 fully saturated rings. The molecule has 24 heavy (non-hydrogen) atoms. The summed E-state index contributed by atoms with van der Waals surface area (Å²) in [6.45, 7) is 4.04. The van der Waals surface area contributed by atoms with Crippen LogP contribution in [0.3, 0.4) is 0 Å². The van der Waals surface area contributed by atoms with Crippen molar-refractivity contribution in [3.63, 3.8) is 0 Å². The molecule has 0 spiro atoms. The smallest absolute Gasteiger partial charge is 0.335 e. The number of rotatable bonds is 4. The van der Waals surface area contributed by atoms with Gasteiger partial charge in [-0.3, -0.25) is 4.79 Å². The zero-order chi connectivity index (χ0) is 17.2. The minimum atomic E-state index is -0.871. The Morgan fingerprint density at radius 2 is 2.00 bits per heavy atom. The fourth-order valence-electron chi connectivity index (χ4n) is 3.84. The average Bonchev–Trinajstić information content (AvgIpc) is 3.03. The molecule has 2 saturated heterocycles. The number of aromatic carboxylic acids is 1. The minimum absolute atomic E-state index is 0.115. The van der Waals surface area contributed by atoms with Crippen LogP contribution < -0.4 is 0 Å². The van der Waals surface area contributed by atoms with Gasteiger partial charge in [-0.15, -0.1) is 0 Å². The summed E-state index contributed by atoms with van der Waals surface area (Å²) in [7, 11) is 0. The van der Waals surface area contributed by atoms with E-state index in [0.29, 0.717) is 18.1 Å². The van der Waals surface area contributed by atoms with Gasteiger partial charge in [0.15, 0.2) is 0 Å². The van der Waals surface area contributed by atoms with E-state index in [1.807, 2.05) is 24.0 Å². The largest absolute Gasteiger partial charge is 0.478 e. The molecule has 0 aliphatic carbocycles. The van der Waals surface area contributed by atoms with Gasteiger partial charge in [0.2, 0.25) is 0 Å². The van der Waals surface area contributed by atoms with E-state index in [1.165, 1.54) is 0 Å². The van der Waals surface area contributed by atoms with Crippen molar-refractivity contribution in [2.75, 3.05) is 19.7 Å². The molecule has 3 rings (SSSR count). The average molecular weight is 331 g/mol. The first-order chi connectivity index (χ1) is 11.5. The molecule has 1 atom stereocenters. The van der Waals surface area contributed by atoms with E-state index in [-0.39, 0.29) is 5.91 Å². The highest BCUT2D eigenvalue weighted by molar-refractivity contribution is 5.89. The molecule has 2 aliphatic rings. The van der Waals surface area contributed by atoms with Crippen LogP contribution in [0.4, 0.5) is 0 Å².